The van der Waals surface area contributed by atoms with Gasteiger partial charge in [-0.2, -0.15) is 0 Å². The number of aliphatic hydroxyl groups is 1. The van der Waals surface area contributed by atoms with Gasteiger partial charge >= 0.3 is 0 Å². The van der Waals surface area contributed by atoms with Gasteiger partial charge in [-0.05, 0) is 44.4 Å². The molecule has 0 radical (unpaired) electrons. The second kappa shape index (κ2) is 6.73. The van der Waals surface area contributed by atoms with Crippen LogP contribution in [-0.2, 0) is 11.2 Å². The number of aliphatic hydroxyl groups excluding tert-OH is 1. The summed E-state index contributed by atoms with van der Waals surface area (Å²) in [6.45, 7) is 4.00. The van der Waals surface area contributed by atoms with E-state index in [4.69, 9.17) is 4.52 Å². The van der Waals surface area contributed by atoms with Gasteiger partial charge in [0.1, 0.15) is 11.6 Å². The van der Waals surface area contributed by atoms with Crippen LogP contribution in [0.4, 0.5) is 4.39 Å². The monoisotopic (exact) mass is 332 g/mol. The van der Waals surface area contributed by atoms with Crippen molar-refractivity contribution in [3.05, 3.63) is 52.7 Å². The van der Waals surface area contributed by atoms with E-state index in [1.54, 1.807) is 17.0 Å². The maximum Gasteiger partial charge on any atom is 0.223 e. The van der Waals surface area contributed by atoms with Crippen LogP contribution in [0.1, 0.15) is 41.5 Å². The summed E-state index contributed by atoms with van der Waals surface area (Å²) < 4.78 is 18.2. The van der Waals surface area contributed by atoms with Gasteiger partial charge in [-0.15, -0.1) is 0 Å². The smallest absolute Gasteiger partial charge is 0.223 e. The van der Waals surface area contributed by atoms with Gasteiger partial charge in [-0.25, -0.2) is 4.39 Å². The number of carbonyl (C=O) groups is 1. The highest BCUT2D eigenvalue weighted by Gasteiger charge is 2.35. The number of hydrogen-bond acceptors (Lipinski definition) is 4. The molecular formula is C18H21FN2O3. The zero-order valence-corrected chi connectivity index (χ0v) is 13.8. The molecule has 128 valence electrons. The largest absolute Gasteiger partial charge is 0.391 e. The fourth-order valence-electron chi connectivity index (χ4n) is 3.32. The average Bonchev–Trinajstić information content (AvgIpc) is 3.09. The van der Waals surface area contributed by atoms with Gasteiger partial charge < -0.3 is 14.5 Å². The first kappa shape index (κ1) is 16.6. The summed E-state index contributed by atoms with van der Waals surface area (Å²) in [6, 6.07) is 5.90. The Morgan fingerprint density at radius 1 is 1.38 bits per heavy atom. The van der Waals surface area contributed by atoms with Crippen LogP contribution in [0.15, 0.2) is 28.8 Å². The molecule has 0 spiro atoms. The highest BCUT2D eigenvalue weighted by Crippen LogP contribution is 2.33. The maximum absolute atomic E-state index is 13.1. The second-order valence-corrected chi connectivity index (χ2v) is 6.31. The topological polar surface area (TPSA) is 66.6 Å². The number of aryl methyl sites for hydroxylation is 2. The van der Waals surface area contributed by atoms with Crippen molar-refractivity contribution in [2.24, 2.45) is 0 Å². The lowest BCUT2D eigenvalue weighted by Gasteiger charge is -2.25. The molecule has 1 amide bonds. The van der Waals surface area contributed by atoms with Crippen molar-refractivity contribution < 1.29 is 18.8 Å². The van der Waals surface area contributed by atoms with E-state index in [2.05, 4.69) is 5.16 Å². The number of amides is 1. The van der Waals surface area contributed by atoms with Crippen LogP contribution in [0.25, 0.3) is 0 Å². The Hall–Kier alpha value is -2.21. The van der Waals surface area contributed by atoms with Gasteiger partial charge in [-0.3, -0.25) is 4.79 Å². The number of likely N-dealkylation sites (tertiary alicyclic amines) is 1. The van der Waals surface area contributed by atoms with Crippen molar-refractivity contribution in [2.75, 3.05) is 6.54 Å². The van der Waals surface area contributed by atoms with Crippen LogP contribution in [0.5, 0.6) is 0 Å². The number of aromatic nitrogens is 1. The molecule has 1 aliphatic rings. The molecule has 0 unspecified atom stereocenters. The summed E-state index contributed by atoms with van der Waals surface area (Å²) in [7, 11) is 0. The Balaban J connectivity index is 1.71. The third kappa shape index (κ3) is 3.33. The number of β-amino-alcohol motifs (C(OH)–C–C–N with tert-alkyl or cyclic N) is 1. The minimum absolute atomic E-state index is 0.0270. The van der Waals surface area contributed by atoms with Crippen molar-refractivity contribution in [3.8, 4) is 0 Å². The summed E-state index contributed by atoms with van der Waals surface area (Å²) in [6.07, 6.45) is 0.807. The summed E-state index contributed by atoms with van der Waals surface area (Å²) in [4.78, 5) is 14.3. The molecule has 0 saturated carbocycles. The molecular weight excluding hydrogens is 311 g/mol. The molecule has 6 heteroatoms. The van der Waals surface area contributed by atoms with E-state index in [0.717, 1.165) is 22.6 Å². The highest BCUT2D eigenvalue weighted by molar-refractivity contribution is 5.77. The van der Waals surface area contributed by atoms with Crippen LogP contribution < -0.4 is 0 Å². The van der Waals surface area contributed by atoms with Crippen LogP contribution in [0.3, 0.4) is 0 Å². The zero-order chi connectivity index (χ0) is 17.3. The number of benzene rings is 1. The van der Waals surface area contributed by atoms with Crippen LogP contribution in [0.2, 0.25) is 0 Å². The number of rotatable bonds is 4. The predicted octanol–water partition coefficient (Wildman–Crippen LogP) is 2.70. The average molecular weight is 332 g/mol. The molecule has 1 saturated heterocycles. The van der Waals surface area contributed by atoms with Crippen molar-refractivity contribution in [3.63, 3.8) is 0 Å². The first-order chi connectivity index (χ1) is 11.5. The molecule has 1 aromatic heterocycles. The molecule has 2 heterocycles. The van der Waals surface area contributed by atoms with E-state index in [1.807, 2.05) is 13.8 Å². The summed E-state index contributed by atoms with van der Waals surface area (Å²) in [5.74, 6) is 0.395. The van der Waals surface area contributed by atoms with Gasteiger partial charge in [0.25, 0.3) is 0 Å². The minimum Gasteiger partial charge on any atom is -0.391 e. The van der Waals surface area contributed by atoms with Crippen LogP contribution >= 0.6 is 0 Å². The SMILES string of the molecule is Cc1noc(C)c1CCC(=O)N1C[C@H](O)C[C@@H]1c1ccc(F)cc1. The summed E-state index contributed by atoms with van der Waals surface area (Å²) >= 11 is 0. The van der Waals surface area contributed by atoms with E-state index in [1.165, 1.54) is 12.1 Å². The number of carbonyl (C=O) groups excluding carboxylic acids is 1. The quantitative estimate of drug-likeness (QED) is 0.935. The molecule has 1 aromatic carbocycles. The number of halogens is 1. The normalized spacial score (nSPS) is 20.6. The minimum atomic E-state index is -0.553. The van der Waals surface area contributed by atoms with Gasteiger partial charge in [0.15, 0.2) is 0 Å². The number of nitrogens with zero attached hydrogens (tertiary/aromatic N) is 2. The third-order valence-electron chi connectivity index (χ3n) is 4.62. The van der Waals surface area contributed by atoms with Crippen molar-refractivity contribution >= 4 is 5.91 Å². The van der Waals surface area contributed by atoms with E-state index >= 15 is 0 Å². The predicted molar refractivity (Wildman–Crippen MR) is 85.8 cm³/mol. The van der Waals surface area contributed by atoms with Gasteiger partial charge in [0.05, 0.1) is 17.8 Å². The Morgan fingerprint density at radius 3 is 2.71 bits per heavy atom. The van der Waals surface area contributed by atoms with E-state index in [0.29, 0.717) is 25.8 Å². The van der Waals surface area contributed by atoms with Gasteiger partial charge in [-0.1, -0.05) is 17.3 Å². The van der Waals surface area contributed by atoms with E-state index in [-0.39, 0.29) is 17.8 Å². The fraction of sp³-hybridized carbons (Fsp3) is 0.444. The van der Waals surface area contributed by atoms with Gasteiger partial charge in [0, 0.05) is 18.5 Å². The van der Waals surface area contributed by atoms with Crippen LogP contribution in [0, 0.1) is 19.7 Å². The Kier molecular flexibility index (Phi) is 4.66. The first-order valence-corrected chi connectivity index (χ1v) is 8.10. The number of hydrogen-bond donors (Lipinski definition) is 1. The molecule has 2 atom stereocenters. The molecule has 1 fully saturated rings. The maximum atomic E-state index is 13.1. The van der Waals surface area contributed by atoms with Crippen molar-refractivity contribution in [2.45, 2.75) is 45.3 Å². The fourth-order valence-corrected chi connectivity index (χ4v) is 3.32. The highest BCUT2D eigenvalue weighted by atomic mass is 19.1. The van der Waals surface area contributed by atoms with E-state index in [9.17, 15) is 14.3 Å². The summed E-state index contributed by atoms with van der Waals surface area (Å²) in [5.41, 5.74) is 2.61. The summed E-state index contributed by atoms with van der Waals surface area (Å²) in [5, 5.41) is 13.9. The lowest BCUT2D eigenvalue weighted by Crippen LogP contribution is -2.32. The molecule has 0 bridgehead atoms. The standard InChI is InChI=1S/C18H21FN2O3/c1-11-16(12(2)24-20-11)7-8-18(23)21-10-15(22)9-17(21)13-3-5-14(19)6-4-13/h3-6,15,17,22H,7-10H2,1-2H3/t15-,17-/m1/s1. The molecule has 1 aliphatic heterocycles. The van der Waals surface area contributed by atoms with Crippen molar-refractivity contribution in [1.82, 2.24) is 10.1 Å². The zero-order valence-electron chi connectivity index (χ0n) is 13.8. The lowest BCUT2D eigenvalue weighted by atomic mass is 10.0. The molecule has 5 nitrogen and oxygen atoms in total. The first-order valence-electron chi connectivity index (χ1n) is 8.10. The third-order valence-corrected chi connectivity index (χ3v) is 4.62. The van der Waals surface area contributed by atoms with E-state index < -0.39 is 6.10 Å². The second-order valence-electron chi connectivity index (χ2n) is 6.31. The lowest BCUT2D eigenvalue weighted by molar-refractivity contribution is -0.132. The molecule has 24 heavy (non-hydrogen) atoms. The van der Waals surface area contributed by atoms with Gasteiger partial charge in [0.2, 0.25) is 5.91 Å². The Labute approximate surface area is 140 Å². The Bertz CT molecular complexity index is 707. The molecule has 2 aromatic rings. The molecule has 3 rings (SSSR count). The Morgan fingerprint density at radius 2 is 2.08 bits per heavy atom. The molecule has 1 N–H and O–H groups in total. The molecule has 0 aliphatic carbocycles. The van der Waals surface area contributed by atoms with Crippen molar-refractivity contribution in [1.29, 1.82) is 0 Å². The van der Waals surface area contributed by atoms with Crippen LogP contribution in [-0.4, -0.2) is 33.7 Å².